The summed E-state index contributed by atoms with van der Waals surface area (Å²) in [6.45, 7) is 4.87. The zero-order chi connectivity index (χ0) is 6.41. The highest BCUT2D eigenvalue weighted by atomic mass is 32.2. The second kappa shape index (κ2) is 5.38. The lowest BCUT2D eigenvalue weighted by atomic mass is 10.8. The van der Waals surface area contributed by atoms with Gasteiger partial charge in [-0.1, -0.05) is 30.9 Å². The van der Waals surface area contributed by atoms with Crippen LogP contribution in [0.1, 0.15) is 13.8 Å². The molecule has 0 heterocycles. The van der Waals surface area contributed by atoms with E-state index in [1.807, 2.05) is 6.92 Å². The summed E-state index contributed by atoms with van der Waals surface area (Å²) in [5.74, 6) is 1.03. The number of rotatable bonds is 2. The van der Waals surface area contributed by atoms with Crippen molar-refractivity contribution in [2.75, 3.05) is 12.3 Å². The van der Waals surface area contributed by atoms with Crippen molar-refractivity contribution < 1.29 is 0 Å². The first-order chi connectivity index (χ1) is 3.81. The van der Waals surface area contributed by atoms with E-state index >= 15 is 0 Å². The van der Waals surface area contributed by atoms with Gasteiger partial charge in [0.2, 0.25) is 0 Å². The molecular weight excluding hydrogens is 138 g/mol. The van der Waals surface area contributed by atoms with Crippen LogP contribution in [0.25, 0.3) is 0 Å². The molecule has 1 radical (unpaired) electrons. The first-order valence-corrected chi connectivity index (χ1v) is 4.04. The highest BCUT2D eigenvalue weighted by Gasteiger charge is 1.90. The molecule has 0 spiro atoms. The Hall–Kier alpha value is 0.240. The van der Waals surface area contributed by atoms with Crippen LogP contribution in [-0.4, -0.2) is 16.6 Å². The summed E-state index contributed by atoms with van der Waals surface area (Å²) in [6.07, 6.45) is 0. The molecule has 0 aromatic heterocycles. The van der Waals surface area contributed by atoms with Crippen molar-refractivity contribution in [1.29, 1.82) is 0 Å². The molecule has 1 nitrogen and oxygen atoms in total. The average molecular weight is 148 g/mol. The summed E-state index contributed by atoms with van der Waals surface area (Å²) in [5, 5.41) is 4.01. The van der Waals surface area contributed by atoms with Gasteiger partial charge in [0, 0.05) is 6.54 Å². The van der Waals surface area contributed by atoms with Gasteiger partial charge in [-0.3, -0.25) is 5.32 Å². The largest absolute Gasteiger partial charge is 0.268 e. The fourth-order valence-corrected chi connectivity index (χ4v) is 1.25. The van der Waals surface area contributed by atoms with E-state index in [4.69, 9.17) is 12.2 Å². The van der Waals surface area contributed by atoms with E-state index in [0.29, 0.717) is 0 Å². The Kier molecular flexibility index (Phi) is 5.54. The quantitative estimate of drug-likeness (QED) is 0.553. The van der Waals surface area contributed by atoms with Crippen LogP contribution in [0.3, 0.4) is 0 Å². The first kappa shape index (κ1) is 8.24. The molecule has 0 aromatic carbocycles. The monoisotopic (exact) mass is 148 g/mol. The summed E-state index contributed by atoms with van der Waals surface area (Å²) in [6, 6.07) is 0. The third-order valence-electron chi connectivity index (χ3n) is 0.555. The van der Waals surface area contributed by atoms with E-state index in [0.717, 1.165) is 16.6 Å². The number of hydrogen-bond donors (Lipinski definition) is 0. The number of nitrogens with zero attached hydrogens (tertiary/aromatic N) is 1. The van der Waals surface area contributed by atoms with Gasteiger partial charge in [-0.2, -0.15) is 0 Å². The second-order valence-electron chi connectivity index (χ2n) is 1.17. The molecule has 0 aliphatic rings. The maximum atomic E-state index is 4.85. The molecule has 0 saturated carbocycles. The average Bonchev–Trinajstić information content (AvgIpc) is 1.68. The van der Waals surface area contributed by atoms with Gasteiger partial charge in [0.1, 0.15) is 0 Å². The van der Waals surface area contributed by atoms with Crippen LogP contribution in [0.4, 0.5) is 0 Å². The molecule has 0 bridgehead atoms. The van der Waals surface area contributed by atoms with Crippen molar-refractivity contribution in [2.45, 2.75) is 13.8 Å². The minimum atomic E-state index is 0.787. The molecule has 0 N–H and O–H groups in total. The third-order valence-corrected chi connectivity index (χ3v) is 1.70. The number of thiocarbonyl (C=S) groups is 1. The highest BCUT2D eigenvalue weighted by Crippen LogP contribution is 1.99. The maximum absolute atomic E-state index is 4.85. The zero-order valence-electron chi connectivity index (χ0n) is 5.18. The van der Waals surface area contributed by atoms with Crippen LogP contribution in [0, 0.1) is 0 Å². The Balaban J connectivity index is 3.06. The molecule has 0 rings (SSSR count). The Morgan fingerprint density at radius 1 is 1.62 bits per heavy atom. The van der Waals surface area contributed by atoms with Gasteiger partial charge in [0.15, 0.2) is 4.32 Å². The molecule has 0 amide bonds. The SMILES string of the molecule is CC[N]C(=S)SCC. The number of hydrogen-bond acceptors (Lipinski definition) is 2. The van der Waals surface area contributed by atoms with Crippen LogP contribution in [0.5, 0.6) is 0 Å². The smallest absolute Gasteiger partial charge is 0.155 e. The normalized spacial score (nSPS) is 8.75. The fraction of sp³-hybridized carbons (Fsp3) is 0.800. The van der Waals surface area contributed by atoms with Crippen molar-refractivity contribution in [3.05, 3.63) is 0 Å². The Morgan fingerprint density at radius 2 is 2.25 bits per heavy atom. The van der Waals surface area contributed by atoms with Crippen LogP contribution >= 0.6 is 24.0 Å². The zero-order valence-corrected chi connectivity index (χ0v) is 6.81. The van der Waals surface area contributed by atoms with E-state index in [2.05, 4.69) is 12.2 Å². The summed E-state index contributed by atoms with van der Waals surface area (Å²) in [4.78, 5) is 0. The molecule has 0 atom stereocenters. The van der Waals surface area contributed by atoms with E-state index in [9.17, 15) is 0 Å². The lowest BCUT2D eigenvalue weighted by Crippen LogP contribution is -2.08. The lowest BCUT2D eigenvalue weighted by molar-refractivity contribution is 0.978. The molecule has 0 unspecified atom stereocenters. The molecule has 0 saturated heterocycles. The van der Waals surface area contributed by atoms with Crippen LogP contribution in [0.15, 0.2) is 0 Å². The van der Waals surface area contributed by atoms with E-state index in [-0.39, 0.29) is 0 Å². The predicted molar refractivity (Wildman–Crippen MR) is 43.4 cm³/mol. The molecular formula is C5H10NS2. The van der Waals surface area contributed by atoms with Crippen molar-refractivity contribution in [2.24, 2.45) is 0 Å². The maximum Gasteiger partial charge on any atom is 0.155 e. The minimum absolute atomic E-state index is 0.787. The summed E-state index contributed by atoms with van der Waals surface area (Å²) in [7, 11) is 0. The van der Waals surface area contributed by atoms with Gasteiger partial charge in [-0.25, -0.2) is 0 Å². The lowest BCUT2D eigenvalue weighted by Gasteiger charge is -1.96. The molecule has 0 aromatic rings. The molecule has 0 aliphatic carbocycles. The van der Waals surface area contributed by atoms with Crippen molar-refractivity contribution in [1.82, 2.24) is 5.32 Å². The van der Waals surface area contributed by atoms with Crippen LogP contribution in [-0.2, 0) is 0 Å². The molecule has 3 heteroatoms. The summed E-state index contributed by atoms with van der Waals surface area (Å²) < 4.78 is 0.787. The van der Waals surface area contributed by atoms with Gasteiger partial charge in [-0.15, -0.1) is 0 Å². The van der Waals surface area contributed by atoms with Gasteiger partial charge in [0.05, 0.1) is 0 Å². The standard InChI is InChI=1S/C5H10NS2/c1-3-6-5(7)8-4-2/h3-4H2,1-2H3. The van der Waals surface area contributed by atoms with E-state index < -0.39 is 0 Å². The Labute approximate surface area is 60.2 Å². The van der Waals surface area contributed by atoms with Crippen molar-refractivity contribution >= 4 is 28.3 Å². The van der Waals surface area contributed by atoms with Crippen LogP contribution in [0.2, 0.25) is 0 Å². The number of thioether (sulfide) groups is 1. The van der Waals surface area contributed by atoms with Crippen molar-refractivity contribution in [3.8, 4) is 0 Å². The summed E-state index contributed by atoms with van der Waals surface area (Å²) >= 11 is 6.47. The summed E-state index contributed by atoms with van der Waals surface area (Å²) in [5.41, 5.74) is 0. The second-order valence-corrected chi connectivity index (χ2v) is 3.07. The topological polar surface area (TPSA) is 14.1 Å². The molecule has 0 aliphatic heterocycles. The predicted octanol–water partition coefficient (Wildman–Crippen LogP) is 1.65. The first-order valence-electron chi connectivity index (χ1n) is 2.65. The van der Waals surface area contributed by atoms with Crippen molar-refractivity contribution in [3.63, 3.8) is 0 Å². The molecule has 0 fully saturated rings. The van der Waals surface area contributed by atoms with Gasteiger partial charge in [-0.05, 0) is 12.7 Å². The minimum Gasteiger partial charge on any atom is -0.268 e. The Bertz CT molecular complexity index is 64.8. The van der Waals surface area contributed by atoms with Gasteiger partial charge in [0.25, 0.3) is 0 Å². The fourth-order valence-electron chi connectivity index (χ4n) is 0.298. The molecule has 8 heavy (non-hydrogen) atoms. The van der Waals surface area contributed by atoms with E-state index in [1.54, 1.807) is 11.8 Å². The van der Waals surface area contributed by atoms with Gasteiger partial charge >= 0.3 is 0 Å². The third kappa shape index (κ3) is 4.40. The Morgan fingerprint density at radius 3 is 2.62 bits per heavy atom. The molecule has 47 valence electrons. The van der Waals surface area contributed by atoms with Gasteiger partial charge < -0.3 is 0 Å². The van der Waals surface area contributed by atoms with E-state index in [1.165, 1.54) is 0 Å². The van der Waals surface area contributed by atoms with Crippen LogP contribution < -0.4 is 5.32 Å². The highest BCUT2D eigenvalue weighted by molar-refractivity contribution is 8.22.